The molecule has 1 aliphatic heterocycles. The minimum atomic E-state index is -0.833. The van der Waals surface area contributed by atoms with Crippen LogP contribution in [0, 0.1) is 18.3 Å². The van der Waals surface area contributed by atoms with Crippen molar-refractivity contribution in [1.82, 2.24) is 10.3 Å². The van der Waals surface area contributed by atoms with Gasteiger partial charge in [0.15, 0.2) is 11.5 Å². The van der Waals surface area contributed by atoms with Crippen LogP contribution in [-0.2, 0) is 24.6 Å². The summed E-state index contributed by atoms with van der Waals surface area (Å²) < 4.78 is 23.9. The monoisotopic (exact) mass is 613 g/mol. The molecule has 0 unspecified atom stereocenters. The number of nitrogens with zero attached hydrogens (tertiary/aromatic N) is 2. The van der Waals surface area contributed by atoms with Crippen molar-refractivity contribution in [3.8, 4) is 40.2 Å². The van der Waals surface area contributed by atoms with E-state index >= 15 is 0 Å². The van der Waals surface area contributed by atoms with E-state index < -0.39 is 5.97 Å². The molecule has 3 aromatic carbocycles. The Labute approximate surface area is 260 Å². The van der Waals surface area contributed by atoms with Crippen molar-refractivity contribution in [2.24, 2.45) is 0 Å². The third-order valence-corrected chi connectivity index (χ3v) is 7.47. The molecule has 0 aliphatic carbocycles. The Hall–Kier alpha value is -4.78. The molecule has 0 bridgehead atoms. The molecule has 10 heteroatoms. The van der Waals surface area contributed by atoms with E-state index in [1.165, 1.54) is 6.20 Å². The number of aromatic nitrogens is 1. The van der Waals surface area contributed by atoms with Crippen LogP contribution in [0.4, 0.5) is 0 Å². The number of ether oxygens (including phenoxy) is 4. The number of halogens is 1. The van der Waals surface area contributed by atoms with Gasteiger partial charge in [0.1, 0.15) is 44.0 Å². The fourth-order valence-electron chi connectivity index (χ4n) is 4.85. The number of hydrogen-bond acceptors (Lipinski definition) is 8. The topological polar surface area (TPSA) is 123 Å². The van der Waals surface area contributed by atoms with Gasteiger partial charge in [0, 0.05) is 42.6 Å². The van der Waals surface area contributed by atoms with Crippen molar-refractivity contribution in [3.05, 3.63) is 99.8 Å². The third kappa shape index (κ3) is 7.78. The van der Waals surface area contributed by atoms with E-state index in [0.29, 0.717) is 54.8 Å². The number of fused-ring (bicyclic) bond motifs is 1. The van der Waals surface area contributed by atoms with Gasteiger partial charge < -0.3 is 29.4 Å². The van der Waals surface area contributed by atoms with Gasteiger partial charge in [0.25, 0.3) is 0 Å². The average Bonchev–Trinajstić information content (AvgIpc) is 3.04. The maximum absolute atomic E-state index is 10.8. The maximum atomic E-state index is 10.8. The third-order valence-electron chi connectivity index (χ3n) is 7.18. The average molecular weight is 614 g/mol. The van der Waals surface area contributed by atoms with Crippen LogP contribution >= 0.6 is 11.6 Å². The van der Waals surface area contributed by atoms with E-state index in [-0.39, 0.29) is 19.6 Å². The van der Waals surface area contributed by atoms with Gasteiger partial charge in [-0.3, -0.25) is 9.78 Å². The fourth-order valence-corrected chi connectivity index (χ4v) is 5.10. The number of carbonyl (C=O) groups is 1. The van der Waals surface area contributed by atoms with Gasteiger partial charge in [0.2, 0.25) is 0 Å². The lowest BCUT2D eigenvalue weighted by molar-refractivity contribution is -0.137. The highest BCUT2D eigenvalue weighted by Gasteiger charge is 2.16. The summed E-state index contributed by atoms with van der Waals surface area (Å²) >= 11 is 6.68. The van der Waals surface area contributed by atoms with E-state index in [9.17, 15) is 10.1 Å². The lowest BCUT2D eigenvalue weighted by Gasteiger charge is -2.20. The Bertz CT molecular complexity index is 1690. The molecular weight excluding hydrogens is 582 g/mol. The summed E-state index contributed by atoms with van der Waals surface area (Å²) in [5, 5.41) is 21.8. The normalized spacial score (nSPS) is 11.9. The Morgan fingerprint density at radius 1 is 1.02 bits per heavy atom. The molecule has 2 N–H and O–H groups in total. The van der Waals surface area contributed by atoms with Crippen LogP contribution in [0.3, 0.4) is 0 Å². The smallest absolute Gasteiger partial charge is 0.303 e. The molecule has 0 radical (unpaired) electrons. The van der Waals surface area contributed by atoms with Crippen molar-refractivity contribution in [2.75, 3.05) is 19.8 Å². The first-order valence-corrected chi connectivity index (χ1v) is 14.6. The molecule has 5 rings (SSSR count). The van der Waals surface area contributed by atoms with Crippen LogP contribution in [0.1, 0.15) is 40.7 Å². The molecule has 0 fully saturated rings. The molecule has 1 aliphatic rings. The lowest BCUT2D eigenvalue weighted by Crippen LogP contribution is -2.16. The first-order chi connectivity index (χ1) is 21.4. The molecule has 2 heterocycles. The highest BCUT2D eigenvalue weighted by molar-refractivity contribution is 6.32. The lowest BCUT2D eigenvalue weighted by atomic mass is 9.96. The number of carboxylic acids is 1. The summed E-state index contributed by atoms with van der Waals surface area (Å²) in [6, 6.07) is 19.4. The Morgan fingerprint density at radius 2 is 1.84 bits per heavy atom. The number of rotatable bonds is 13. The molecule has 44 heavy (non-hydrogen) atoms. The van der Waals surface area contributed by atoms with E-state index in [4.69, 9.17) is 35.7 Å². The number of benzene rings is 3. The van der Waals surface area contributed by atoms with Gasteiger partial charge >= 0.3 is 5.97 Å². The van der Waals surface area contributed by atoms with Gasteiger partial charge in [0.05, 0.1) is 10.6 Å². The summed E-state index contributed by atoms with van der Waals surface area (Å²) in [4.78, 5) is 15.0. The first-order valence-electron chi connectivity index (χ1n) is 14.2. The highest BCUT2D eigenvalue weighted by atomic mass is 35.5. The Morgan fingerprint density at radius 3 is 2.66 bits per heavy atom. The summed E-state index contributed by atoms with van der Waals surface area (Å²) in [5.74, 6) is 1.67. The predicted molar refractivity (Wildman–Crippen MR) is 165 cm³/mol. The molecule has 0 atom stereocenters. The van der Waals surface area contributed by atoms with Crippen LogP contribution in [0.5, 0.6) is 23.0 Å². The molecule has 0 saturated carbocycles. The van der Waals surface area contributed by atoms with Crippen molar-refractivity contribution in [2.45, 2.75) is 39.5 Å². The summed E-state index contributed by atoms with van der Waals surface area (Å²) in [7, 11) is 0. The van der Waals surface area contributed by atoms with E-state index in [1.54, 1.807) is 24.4 Å². The van der Waals surface area contributed by atoms with E-state index in [1.807, 2.05) is 30.3 Å². The molecule has 226 valence electrons. The zero-order valence-corrected chi connectivity index (χ0v) is 25.0. The second kappa shape index (κ2) is 14.6. The Kier molecular flexibility index (Phi) is 10.2. The van der Waals surface area contributed by atoms with Crippen molar-refractivity contribution < 1.29 is 28.8 Å². The molecule has 0 saturated heterocycles. The van der Waals surface area contributed by atoms with Crippen LogP contribution in [0.15, 0.2) is 67.0 Å². The number of nitrogens with one attached hydrogen (secondary N) is 1. The summed E-state index contributed by atoms with van der Waals surface area (Å²) in [6.45, 7) is 4.54. The van der Waals surface area contributed by atoms with Gasteiger partial charge in [-0.05, 0) is 66.4 Å². The molecule has 4 aromatic rings. The number of pyridine rings is 1. The van der Waals surface area contributed by atoms with E-state index in [0.717, 1.165) is 44.9 Å². The predicted octanol–water partition coefficient (Wildman–Crippen LogP) is 6.47. The second-order valence-electron chi connectivity index (χ2n) is 10.3. The van der Waals surface area contributed by atoms with Crippen LogP contribution in [0.25, 0.3) is 11.1 Å². The highest BCUT2D eigenvalue weighted by Crippen LogP contribution is 2.37. The van der Waals surface area contributed by atoms with Crippen molar-refractivity contribution in [1.29, 1.82) is 5.26 Å². The summed E-state index contributed by atoms with van der Waals surface area (Å²) in [6.07, 6.45) is 3.73. The van der Waals surface area contributed by atoms with Crippen molar-refractivity contribution >= 4 is 17.6 Å². The van der Waals surface area contributed by atoms with Gasteiger partial charge in [-0.25, -0.2) is 0 Å². The molecule has 0 amide bonds. The molecule has 0 spiro atoms. The second-order valence-corrected chi connectivity index (χ2v) is 10.7. The number of carboxylic acid groups (broad SMARTS) is 1. The first kappa shape index (κ1) is 30.7. The van der Waals surface area contributed by atoms with Crippen LogP contribution < -0.4 is 24.3 Å². The zero-order chi connectivity index (χ0) is 30.9. The van der Waals surface area contributed by atoms with Crippen LogP contribution in [-0.4, -0.2) is 35.8 Å². The minimum Gasteiger partial charge on any atom is -0.488 e. The zero-order valence-electron chi connectivity index (χ0n) is 24.3. The standard InChI is InChI=1S/C34H32ClN3O6/c1-22-26(4-2-5-28(22)25-7-8-30-33(14-25)42-11-10-41-30)21-44-32-15-31(43-20-24-12-23(16-36)17-38-18-24)27(13-29(32)35)19-37-9-3-6-34(39)40/h2,4-5,7-8,12-15,17-18,37H,3,6,9-11,19-21H2,1H3,(H,39,40). The van der Waals surface area contributed by atoms with Gasteiger partial charge in [-0.1, -0.05) is 35.9 Å². The molecular formula is C34H32ClN3O6. The number of hydrogen-bond donors (Lipinski definition) is 2. The summed E-state index contributed by atoms with van der Waals surface area (Å²) in [5.41, 5.74) is 6.14. The van der Waals surface area contributed by atoms with E-state index in [2.05, 4.69) is 29.4 Å². The quantitative estimate of drug-likeness (QED) is 0.163. The largest absolute Gasteiger partial charge is 0.488 e. The maximum Gasteiger partial charge on any atom is 0.303 e. The van der Waals surface area contributed by atoms with Gasteiger partial charge in [-0.2, -0.15) is 5.26 Å². The Balaban J connectivity index is 1.33. The van der Waals surface area contributed by atoms with Gasteiger partial charge in [-0.15, -0.1) is 0 Å². The minimum absolute atomic E-state index is 0.0847. The molecule has 1 aromatic heterocycles. The van der Waals surface area contributed by atoms with Crippen LogP contribution in [0.2, 0.25) is 5.02 Å². The number of aliphatic carboxylic acids is 1. The number of nitriles is 1. The molecule has 9 nitrogen and oxygen atoms in total. The fraction of sp³-hybridized carbons (Fsp3) is 0.265. The van der Waals surface area contributed by atoms with Crippen molar-refractivity contribution in [3.63, 3.8) is 0 Å². The SMILES string of the molecule is Cc1c(COc2cc(OCc3cncc(C#N)c3)c(CNCCCC(=O)O)cc2Cl)cccc1-c1ccc2c(c1)OCCO2.